The van der Waals surface area contributed by atoms with Crippen LogP contribution in [-0.4, -0.2) is 16.0 Å². The SMILES string of the molecule is CC(C)(NC(=O)c1cc(O)ccc1N)c1nccs1. The fourth-order valence-corrected chi connectivity index (χ4v) is 2.40. The molecule has 6 heteroatoms. The van der Waals surface area contributed by atoms with Gasteiger partial charge in [0.25, 0.3) is 5.91 Å². The monoisotopic (exact) mass is 277 g/mol. The van der Waals surface area contributed by atoms with E-state index in [0.29, 0.717) is 5.69 Å². The Hall–Kier alpha value is -2.08. The minimum atomic E-state index is -0.594. The number of amides is 1. The van der Waals surface area contributed by atoms with Crippen molar-refractivity contribution < 1.29 is 9.90 Å². The first-order valence-corrected chi connectivity index (χ1v) is 6.59. The van der Waals surface area contributed by atoms with Crippen molar-refractivity contribution in [3.8, 4) is 5.75 Å². The highest BCUT2D eigenvalue weighted by Gasteiger charge is 2.26. The predicted molar refractivity (Wildman–Crippen MR) is 75.1 cm³/mol. The maximum Gasteiger partial charge on any atom is 0.254 e. The molecular weight excluding hydrogens is 262 g/mol. The quantitative estimate of drug-likeness (QED) is 0.592. The van der Waals surface area contributed by atoms with Crippen LogP contribution < -0.4 is 11.1 Å². The normalized spacial score (nSPS) is 11.3. The molecule has 0 saturated carbocycles. The molecule has 0 radical (unpaired) electrons. The second-order valence-corrected chi connectivity index (χ2v) is 5.58. The van der Waals surface area contributed by atoms with Gasteiger partial charge in [-0.3, -0.25) is 4.79 Å². The van der Waals surface area contributed by atoms with Gasteiger partial charge in [0.05, 0.1) is 11.1 Å². The summed E-state index contributed by atoms with van der Waals surface area (Å²) in [5.74, 6) is -0.333. The molecule has 19 heavy (non-hydrogen) atoms. The number of thiazole rings is 1. The van der Waals surface area contributed by atoms with E-state index < -0.39 is 5.54 Å². The van der Waals surface area contributed by atoms with Crippen LogP contribution in [0, 0.1) is 0 Å². The van der Waals surface area contributed by atoms with Crippen molar-refractivity contribution in [1.82, 2.24) is 10.3 Å². The lowest BCUT2D eigenvalue weighted by atomic mass is 10.0. The molecule has 0 saturated heterocycles. The number of phenols is 1. The molecule has 1 heterocycles. The van der Waals surface area contributed by atoms with Crippen LogP contribution in [0.5, 0.6) is 5.75 Å². The minimum Gasteiger partial charge on any atom is -0.508 e. The van der Waals surface area contributed by atoms with E-state index in [1.165, 1.54) is 29.5 Å². The number of carbonyl (C=O) groups is 1. The first-order chi connectivity index (χ1) is 8.90. The number of hydrogen-bond donors (Lipinski definition) is 3. The van der Waals surface area contributed by atoms with E-state index in [1.54, 1.807) is 6.20 Å². The van der Waals surface area contributed by atoms with Crippen molar-refractivity contribution in [3.05, 3.63) is 40.3 Å². The molecule has 0 atom stereocenters. The van der Waals surface area contributed by atoms with Crippen LogP contribution in [0.15, 0.2) is 29.8 Å². The summed E-state index contributed by atoms with van der Waals surface area (Å²) in [5.41, 5.74) is 5.73. The molecule has 0 spiro atoms. The molecule has 1 aromatic heterocycles. The van der Waals surface area contributed by atoms with Gasteiger partial charge in [-0.05, 0) is 32.0 Å². The van der Waals surface area contributed by atoms with Crippen LogP contribution in [-0.2, 0) is 5.54 Å². The topological polar surface area (TPSA) is 88.2 Å². The van der Waals surface area contributed by atoms with Crippen LogP contribution >= 0.6 is 11.3 Å². The molecule has 0 fully saturated rings. The largest absolute Gasteiger partial charge is 0.508 e. The van der Waals surface area contributed by atoms with Crippen molar-refractivity contribution >= 4 is 22.9 Å². The highest BCUT2D eigenvalue weighted by atomic mass is 32.1. The Kier molecular flexibility index (Phi) is 3.44. The van der Waals surface area contributed by atoms with E-state index in [0.717, 1.165) is 5.01 Å². The fraction of sp³-hybridized carbons (Fsp3) is 0.231. The van der Waals surface area contributed by atoms with Gasteiger partial charge in [-0.15, -0.1) is 11.3 Å². The molecule has 0 aliphatic carbocycles. The Bertz CT molecular complexity index is 594. The van der Waals surface area contributed by atoms with Gasteiger partial charge >= 0.3 is 0 Å². The molecule has 5 nitrogen and oxygen atoms in total. The highest BCUT2D eigenvalue weighted by molar-refractivity contribution is 7.09. The predicted octanol–water partition coefficient (Wildman–Crippen LogP) is 2.10. The fourth-order valence-electron chi connectivity index (χ4n) is 1.68. The van der Waals surface area contributed by atoms with E-state index in [-0.39, 0.29) is 17.2 Å². The van der Waals surface area contributed by atoms with Crippen LogP contribution in [0.1, 0.15) is 29.2 Å². The summed E-state index contributed by atoms with van der Waals surface area (Å²) in [7, 11) is 0. The summed E-state index contributed by atoms with van der Waals surface area (Å²) < 4.78 is 0. The number of benzene rings is 1. The first kappa shape index (κ1) is 13.4. The molecule has 2 aromatic rings. The molecule has 0 unspecified atom stereocenters. The van der Waals surface area contributed by atoms with E-state index in [2.05, 4.69) is 10.3 Å². The van der Waals surface area contributed by atoms with E-state index in [4.69, 9.17) is 5.73 Å². The van der Waals surface area contributed by atoms with Crippen LogP contribution in [0.2, 0.25) is 0 Å². The smallest absolute Gasteiger partial charge is 0.254 e. The van der Waals surface area contributed by atoms with E-state index in [9.17, 15) is 9.90 Å². The van der Waals surface area contributed by atoms with Crippen molar-refractivity contribution in [2.45, 2.75) is 19.4 Å². The van der Waals surface area contributed by atoms with Gasteiger partial charge < -0.3 is 16.2 Å². The molecule has 0 aliphatic rings. The molecule has 100 valence electrons. The third-order valence-corrected chi connectivity index (χ3v) is 3.77. The summed E-state index contributed by atoms with van der Waals surface area (Å²) in [5, 5.41) is 14.9. The summed E-state index contributed by atoms with van der Waals surface area (Å²) in [6, 6.07) is 4.29. The average molecular weight is 277 g/mol. The first-order valence-electron chi connectivity index (χ1n) is 5.71. The highest BCUT2D eigenvalue weighted by Crippen LogP contribution is 2.24. The summed E-state index contributed by atoms with van der Waals surface area (Å²) in [6.45, 7) is 3.73. The van der Waals surface area contributed by atoms with Crippen molar-refractivity contribution in [2.24, 2.45) is 0 Å². The minimum absolute atomic E-state index is 0.00593. The Labute approximate surface area is 115 Å². The number of phenolic OH excluding ortho intramolecular Hbond substituents is 1. The molecule has 4 N–H and O–H groups in total. The lowest BCUT2D eigenvalue weighted by Gasteiger charge is -2.24. The average Bonchev–Trinajstić information content (AvgIpc) is 2.86. The van der Waals surface area contributed by atoms with Gasteiger partial charge in [-0.2, -0.15) is 0 Å². The Morgan fingerprint density at radius 1 is 1.47 bits per heavy atom. The number of nitrogens with one attached hydrogen (secondary N) is 1. The molecule has 2 rings (SSSR count). The van der Waals surface area contributed by atoms with E-state index >= 15 is 0 Å². The zero-order valence-electron chi connectivity index (χ0n) is 10.7. The lowest BCUT2D eigenvalue weighted by Crippen LogP contribution is -2.41. The Morgan fingerprint density at radius 3 is 2.84 bits per heavy atom. The maximum atomic E-state index is 12.2. The summed E-state index contributed by atoms with van der Waals surface area (Å²) >= 11 is 1.47. The van der Waals surface area contributed by atoms with Crippen LogP contribution in [0.4, 0.5) is 5.69 Å². The lowest BCUT2D eigenvalue weighted by molar-refractivity contribution is 0.0912. The standard InChI is InChI=1S/C13H15N3O2S/c1-13(2,12-15-5-6-19-12)16-11(18)9-7-8(17)3-4-10(9)14/h3-7,17H,14H2,1-2H3,(H,16,18). The summed E-state index contributed by atoms with van der Waals surface area (Å²) in [6.07, 6.45) is 1.69. The molecular formula is C13H15N3O2S. The molecule has 1 amide bonds. The van der Waals surface area contributed by atoms with Crippen LogP contribution in [0.25, 0.3) is 0 Å². The number of nitrogens with two attached hydrogens (primary N) is 1. The van der Waals surface area contributed by atoms with Gasteiger partial charge in [-0.1, -0.05) is 0 Å². The van der Waals surface area contributed by atoms with Gasteiger partial charge in [0.2, 0.25) is 0 Å². The number of hydrogen-bond acceptors (Lipinski definition) is 5. The van der Waals surface area contributed by atoms with Crippen molar-refractivity contribution in [1.29, 1.82) is 0 Å². The Morgan fingerprint density at radius 2 is 2.21 bits per heavy atom. The van der Waals surface area contributed by atoms with E-state index in [1.807, 2.05) is 19.2 Å². The van der Waals surface area contributed by atoms with Gasteiger partial charge in [-0.25, -0.2) is 4.98 Å². The van der Waals surface area contributed by atoms with Crippen LogP contribution in [0.3, 0.4) is 0 Å². The number of anilines is 1. The number of nitrogens with zero attached hydrogens (tertiary/aromatic N) is 1. The van der Waals surface area contributed by atoms with Gasteiger partial charge in [0.1, 0.15) is 10.8 Å². The van der Waals surface area contributed by atoms with Gasteiger partial charge in [0, 0.05) is 17.3 Å². The molecule has 1 aromatic carbocycles. The number of carbonyl (C=O) groups excluding carboxylic acids is 1. The third-order valence-electron chi connectivity index (χ3n) is 2.67. The molecule has 0 bridgehead atoms. The third kappa shape index (κ3) is 2.85. The van der Waals surface area contributed by atoms with Crippen molar-refractivity contribution in [2.75, 3.05) is 5.73 Å². The summed E-state index contributed by atoms with van der Waals surface area (Å²) in [4.78, 5) is 16.4. The second-order valence-electron chi connectivity index (χ2n) is 4.69. The van der Waals surface area contributed by atoms with Crippen molar-refractivity contribution in [3.63, 3.8) is 0 Å². The number of aromatic hydroxyl groups is 1. The Balaban J connectivity index is 2.24. The number of rotatable bonds is 3. The van der Waals surface area contributed by atoms with Gasteiger partial charge in [0.15, 0.2) is 0 Å². The molecule has 0 aliphatic heterocycles. The number of aromatic nitrogens is 1. The number of nitrogen functional groups attached to an aromatic ring is 1. The zero-order chi connectivity index (χ0) is 14.0. The zero-order valence-corrected chi connectivity index (χ0v) is 11.5. The second kappa shape index (κ2) is 4.89. The maximum absolute atomic E-state index is 12.2.